The first-order valence-corrected chi connectivity index (χ1v) is 34.3. The van der Waals surface area contributed by atoms with E-state index in [0.717, 1.165) is 64.2 Å². The van der Waals surface area contributed by atoms with Gasteiger partial charge in [-0.3, -0.25) is 14.4 Å². The highest BCUT2D eigenvalue weighted by Gasteiger charge is 2.19. The van der Waals surface area contributed by atoms with Crippen LogP contribution >= 0.6 is 0 Å². The summed E-state index contributed by atoms with van der Waals surface area (Å²) in [6, 6.07) is 0. The van der Waals surface area contributed by atoms with Gasteiger partial charge in [-0.05, 0) is 51.4 Å². The van der Waals surface area contributed by atoms with Crippen molar-refractivity contribution in [2.24, 2.45) is 0 Å². The van der Waals surface area contributed by atoms with Gasteiger partial charge < -0.3 is 14.2 Å². The molecule has 1 atom stereocenters. The van der Waals surface area contributed by atoms with Crippen LogP contribution in [0.25, 0.3) is 0 Å². The molecule has 0 saturated heterocycles. The fraction of sp³-hybridized carbons (Fsp3) is 0.900. The van der Waals surface area contributed by atoms with E-state index in [9.17, 15) is 14.4 Å². The summed E-state index contributed by atoms with van der Waals surface area (Å²) in [6.07, 6.45) is 79.3. The van der Waals surface area contributed by atoms with Crippen LogP contribution in [0.5, 0.6) is 0 Å². The Labute approximate surface area is 474 Å². The van der Waals surface area contributed by atoms with E-state index in [4.69, 9.17) is 14.2 Å². The fourth-order valence-corrected chi connectivity index (χ4v) is 10.5. The van der Waals surface area contributed by atoms with Crippen LogP contribution < -0.4 is 0 Å². The number of ether oxygens (including phenoxy) is 3. The van der Waals surface area contributed by atoms with Crippen molar-refractivity contribution >= 4 is 17.9 Å². The summed E-state index contributed by atoms with van der Waals surface area (Å²) in [7, 11) is 0. The minimum atomic E-state index is -0.764. The molecule has 0 heterocycles. The molecule has 0 aliphatic heterocycles. The second-order valence-electron chi connectivity index (χ2n) is 23.5. The second kappa shape index (κ2) is 65.4. The Hall–Kier alpha value is -2.11. The molecule has 0 saturated carbocycles. The second-order valence-corrected chi connectivity index (χ2v) is 23.5. The maximum Gasteiger partial charge on any atom is 0.306 e. The van der Waals surface area contributed by atoms with Gasteiger partial charge in [0.05, 0.1) is 0 Å². The number of rotatable bonds is 64. The molecule has 0 aliphatic rings. The van der Waals surface area contributed by atoms with Gasteiger partial charge in [0, 0.05) is 19.3 Å². The third kappa shape index (κ3) is 62.7. The van der Waals surface area contributed by atoms with E-state index in [0.29, 0.717) is 19.3 Å². The number of carbonyl (C=O) groups excluding carboxylic acids is 3. The molecular formula is C70H132O6. The van der Waals surface area contributed by atoms with Crippen LogP contribution in [0.15, 0.2) is 24.3 Å². The average Bonchev–Trinajstić information content (AvgIpc) is 3.42. The van der Waals surface area contributed by atoms with E-state index in [1.165, 1.54) is 283 Å². The Morgan fingerprint density at radius 2 is 0.474 bits per heavy atom. The molecule has 0 amide bonds. The number of carbonyl (C=O) groups is 3. The molecule has 0 aliphatic carbocycles. The predicted octanol–water partition coefficient (Wildman–Crippen LogP) is 23.4. The van der Waals surface area contributed by atoms with Crippen LogP contribution in [0.2, 0.25) is 0 Å². The molecule has 0 spiro atoms. The van der Waals surface area contributed by atoms with Gasteiger partial charge in [-0.15, -0.1) is 0 Å². The lowest BCUT2D eigenvalue weighted by atomic mass is 10.0. The first-order valence-electron chi connectivity index (χ1n) is 34.3. The summed E-state index contributed by atoms with van der Waals surface area (Å²) in [5, 5.41) is 0. The molecule has 1 unspecified atom stereocenters. The minimum Gasteiger partial charge on any atom is -0.462 e. The van der Waals surface area contributed by atoms with Crippen LogP contribution in [0.4, 0.5) is 0 Å². The van der Waals surface area contributed by atoms with Crippen LogP contribution in [0.3, 0.4) is 0 Å². The predicted molar refractivity (Wildman–Crippen MR) is 330 cm³/mol. The SMILES string of the molecule is CCCCCCC/C=C\C/C=C\CCCCCCCCCCCCCCCCCCCCCC(=O)OCC(COC(=O)CCCCCCCCCCCC)OC(=O)CCCCCCCCCCCCCCCCCCC. The summed E-state index contributed by atoms with van der Waals surface area (Å²) in [4.78, 5) is 38.2. The van der Waals surface area contributed by atoms with Gasteiger partial charge >= 0.3 is 17.9 Å². The molecule has 0 aromatic carbocycles. The highest BCUT2D eigenvalue weighted by Crippen LogP contribution is 2.18. The highest BCUT2D eigenvalue weighted by atomic mass is 16.6. The maximum absolute atomic E-state index is 12.9. The quantitative estimate of drug-likeness (QED) is 0.0261. The molecule has 0 bridgehead atoms. The highest BCUT2D eigenvalue weighted by molar-refractivity contribution is 5.71. The molecule has 0 aromatic rings. The van der Waals surface area contributed by atoms with Gasteiger partial charge in [-0.25, -0.2) is 0 Å². The number of allylic oxidation sites excluding steroid dienone is 4. The number of hydrogen-bond donors (Lipinski definition) is 0. The lowest BCUT2D eigenvalue weighted by Crippen LogP contribution is -2.30. The summed E-state index contributed by atoms with van der Waals surface area (Å²) in [6.45, 7) is 6.69. The summed E-state index contributed by atoms with van der Waals surface area (Å²) in [5.41, 5.74) is 0. The van der Waals surface area contributed by atoms with E-state index in [1.807, 2.05) is 0 Å². The first-order chi connectivity index (χ1) is 37.5. The van der Waals surface area contributed by atoms with Crippen molar-refractivity contribution in [2.75, 3.05) is 13.2 Å². The molecule has 0 fully saturated rings. The molecule has 0 rings (SSSR count). The van der Waals surface area contributed by atoms with Crippen LogP contribution in [-0.2, 0) is 28.6 Å². The first kappa shape index (κ1) is 73.9. The van der Waals surface area contributed by atoms with Crippen molar-refractivity contribution in [1.82, 2.24) is 0 Å². The summed E-state index contributed by atoms with van der Waals surface area (Å²) >= 11 is 0. The van der Waals surface area contributed by atoms with Crippen LogP contribution in [-0.4, -0.2) is 37.2 Å². The normalized spacial score (nSPS) is 12.1. The van der Waals surface area contributed by atoms with Gasteiger partial charge in [0.1, 0.15) is 13.2 Å². The van der Waals surface area contributed by atoms with Gasteiger partial charge in [0.2, 0.25) is 0 Å². The van der Waals surface area contributed by atoms with E-state index < -0.39 is 6.10 Å². The van der Waals surface area contributed by atoms with Crippen molar-refractivity contribution in [3.63, 3.8) is 0 Å². The Morgan fingerprint density at radius 3 is 0.724 bits per heavy atom. The van der Waals surface area contributed by atoms with Gasteiger partial charge in [0.15, 0.2) is 6.10 Å². The minimum absolute atomic E-state index is 0.0635. The fourth-order valence-electron chi connectivity index (χ4n) is 10.5. The third-order valence-corrected chi connectivity index (χ3v) is 15.7. The van der Waals surface area contributed by atoms with Crippen molar-refractivity contribution in [3.8, 4) is 0 Å². The largest absolute Gasteiger partial charge is 0.462 e. The lowest BCUT2D eigenvalue weighted by Gasteiger charge is -2.18. The van der Waals surface area contributed by atoms with Crippen LogP contribution in [0, 0.1) is 0 Å². The van der Waals surface area contributed by atoms with E-state index >= 15 is 0 Å². The van der Waals surface area contributed by atoms with Crippen LogP contribution in [0.1, 0.15) is 387 Å². The topological polar surface area (TPSA) is 78.9 Å². The van der Waals surface area contributed by atoms with Gasteiger partial charge in [-0.2, -0.15) is 0 Å². The molecule has 0 aromatic heterocycles. The van der Waals surface area contributed by atoms with E-state index in [1.54, 1.807) is 0 Å². The Kier molecular flexibility index (Phi) is 63.6. The number of esters is 3. The Balaban J connectivity index is 4.06. The van der Waals surface area contributed by atoms with Gasteiger partial charge in [-0.1, -0.05) is 340 Å². The molecular weight excluding hydrogens is 937 g/mol. The van der Waals surface area contributed by atoms with Crippen molar-refractivity contribution < 1.29 is 28.6 Å². The zero-order valence-corrected chi connectivity index (χ0v) is 51.6. The molecule has 0 N–H and O–H groups in total. The van der Waals surface area contributed by atoms with Crippen molar-refractivity contribution in [2.45, 2.75) is 393 Å². The molecule has 76 heavy (non-hydrogen) atoms. The Morgan fingerprint density at radius 1 is 0.263 bits per heavy atom. The van der Waals surface area contributed by atoms with Gasteiger partial charge in [0.25, 0.3) is 0 Å². The molecule has 6 nitrogen and oxygen atoms in total. The third-order valence-electron chi connectivity index (χ3n) is 15.7. The van der Waals surface area contributed by atoms with Crippen molar-refractivity contribution in [3.05, 3.63) is 24.3 Å². The molecule has 0 radical (unpaired) electrons. The average molecular weight is 1070 g/mol. The lowest BCUT2D eigenvalue weighted by molar-refractivity contribution is -0.167. The van der Waals surface area contributed by atoms with E-state index in [2.05, 4.69) is 45.1 Å². The summed E-state index contributed by atoms with van der Waals surface area (Å²) < 4.78 is 16.9. The zero-order chi connectivity index (χ0) is 55.0. The molecule has 6 heteroatoms. The number of hydrogen-bond acceptors (Lipinski definition) is 6. The Bertz CT molecular complexity index is 1230. The monoisotopic (exact) mass is 1070 g/mol. The maximum atomic E-state index is 12.9. The summed E-state index contributed by atoms with van der Waals surface area (Å²) in [5.74, 6) is -0.835. The van der Waals surface area contributed by atoms with E-state index in [-0.39, 0.29) is 31.1 Å². The zero-order valence-electron chi connectivity index (χ0n) is 51.6. The van der Waals surface area contributed by atoms with Crippen molar-refractivity contribution in [1.29, 1.82) is 0 Å². The standard InChI is InChI=1S/C70H132O6/c1-4-7-10-13-16-19-22-24-26-28-29-30-31-32-33-34-35-36-37-38-39-40-41-43-44-46-48-51-54-57-60-63-69(72)75-66-67(65-74-68(71)62-59-56-53-50-21-18-15-12-9-6-3)76-70(73)64-61-58-55-52-49-47-45-42-27-25-23-20-17-14-11-8-5-2/h22,24,28-29,67H,4-21,23,25-27,30-66H2,1-3H3/b24-22-,29-28-. The molecule has 448 valence electrons. The number of unbranched alkanes of at least 4 members (excludes halogenated alkanes) is 49. The smallest absolute Gasteiger partial charge is 0.306 e.